The average Bonchev–Trinajstić information content (AvgIpc) is 2.61. The molecule has 1 aromatic carbocycles. The number of rotatable bonds is 3. The summed E-state index contributed by atoms with van der Waals surface area (Å²) in [4.78, 5) is 13.4. The highest BCUT2D eigenvalue weighted by molar-refractivity contribution is 5.87. The molecule has 0 atom stereocenters. The van der Waals surface area contributed by atoms with E-state index in [2.05, 4.69) is 4.90 Å². The highest BCUT2D eigenvalue weighted by atomic mass is 16.5. The first-order chi connectivity index (χ1) is 9.67. The maximum Gasteiger partial charge on any atom is 0.335 e. The molecule has 3 rings (SSSR count). The summed E-state index contributed by atoms with van der Waals surface area (Å²) in [5, 5.41) is 9.06. The largest absolute Gasteiger partial charge is 0.478 e. The van der Waals surface area contributed by atoms with Crippen LogP contribution in [0.3, 0.4) is 0 Å². The summed E-state index contributed by atoms with van der Waals surface area (Å²) in [7, 11) is 0. The molecule has 0 unspecified atom stereocenters. The fourth-order valence-corrected chi connectivity index (χ4v) is 3.26. The molecule has 108 valence electrons. The Balaban J connectivity index is 1.69. The number of carboxylic acid groups (broad SMARTS) is 1. The molecule has 2 aliphatic rings. The highest BCUT2D eigenvalue weighted by Gasteiger charge is 2.40. The minimum atomic E-state index is -0.860. The predicted octanol–water partition coefficient (Wildman–Crippen LogP) is 2.39. The maximum atomic E-state index is 11.0. The van der Waals surface area contributed by atoms with Crippen molar-refractivity contribution >= 4 is 5.97 Å². The first kappa shape index (κ1) is 13.6. The quantitative estimate of drug-likeness (QED) is 0.920. The Morgan fingerprint density at radius 2 is 2.25 bits per heavy atom. The zero-order valence-electron chi connectivity index (χ0n) is 11.7. The number of carboxylic acids is 1. The molecule has 1 saturated carbocycles. The zero-order chi connectivity index (χ0) is 14.0. The highest BCUT2D eigenvalue weighted by Crippen LogP contribution is 2.42. The van der Waals surface area contributed by atoms with Crippen LogP contribution in [0.1, 0.15) is 35.2 Å². The number of carbonyl (C=O) groups is 1. The molecule has 1 saturated heterocycles. The van der Waals surface area contributed by atoms with Gasteiger partial charge in [0.1, 0.15) is 0 Å². The van der Waals surface area contributed by atoms with Crippen molar-refractivity contribution < 1.29 is 14.6 Å². The summed E-state index contributed by atoms with van der Waals surface area (Å²) >= 11 is 0. The second-order valence-electron chi connectivity index (χ2n) is 6.12. The SMILES string of the molecule is O=C(O)c1cccc(CN2CCOCC3(CCC3)C2)c1. The van der Waals surface area contributed by atoms with Crippen LogP contribution in [0.5, 0.6) is 0 Å². The fraction of sp³-hybridized carbons (Fsp3) is 0.562. The molecular weight excluding hydrogens is 254 g/mol. The Kier molecular flexibility index (Phi) is 3.76. The molecule has 4 heteroatoms. The Hall–Kier alpha value is -1.39. The number of hydrogen-bond acceptors (Lipinski definition) is 3. The Bertz CT molecular complexity index is 496. The lowest BCUT2D eigenvalue weighted by Gasteiger charge is -2.42. The van der Waals surface area contributed by atoms with E-state index in [1.54, 1.807) is 12.1 Å². The summed E-state index contributed by atoms with van der Waals surface area (Å²) in [6, 6.07) is 7.25. The van der Waals surface area contributed by atoms with Gasteiger partial charge in [-0.25, -0.2) is 4.79 Å². The van der Waals surface area contributed by atoms with Crippen molar-refractivity contribution in [1.82, 2.24) is 4.90 Å². The minimum absolute atomic E-state index is 0.362. The zero-order valence-corrected chi connectivity index (χ0v) is 11.7. The first-order valence-corrected chi connectivity index (χ1v) is 7.29. The third-order valence-corrected chi connectivity index (χ3v) is 4.51. The average molecular weight is 275 g/mol. The van der Waals surface area contributed by atoms with Gasteiger partial charge >= 0.3 is 5.97 Å². The molecule has 0 radical (unpaired) electrons. The van der Waals surface area contributed by atoms with Gasteiger partial charge in [-0.15, -0.1) is 0 Å². The van der Waals surface area contributed by atoms with Crippen molar-refractivity contribution in [3.05, 3.63) is 35.4 Å². The van der Waals surface area contributed by atoms with E-state index in [4.69, 9.17) is 9.84 Å². The molecule has 1 aliphatic heterocycles. The summed E-state index contributed by atoms with van der Waals surface area (Å²) in [6.07, 6.45) is 3.84. The molecule has 1 aromatic rings. The van der Waals surface area contributed by atoms with Crippen LogP contribution in [0.25, 0.3) is 0 Å². The fourth-order valence-electron chi connectivity index (χ4n) is 3.26. The van der Waals surface area contributed by atoms with Crippen molar-refractivity contribution in [2.45, 2.75) is 25.8 Å². The van der Waals surface area contributed by atoms with Gasteiger partial charge in [0.2, 0.25) is 0 Å². The molecular formula is C16H21NO3. The Labute approximate surface area is 119 Å². The van der Waals surface area contributed by atoms with Gasteiger partial charge in [0.15, 0.2) is 0 Å². The molecule has 4 nitrogen and oxygen atoms in total. The second-order valence-corrected chi connectivity index (χ2v) is 6.12. The van der Waals surface area contributed by atoms with Crippen LogP contribution in [0.2, 0.25) is 0 Å². The van der Waals surface area contributed by atoms with Gasteiger partial charge in [0.05, 0.1) is 18.8 Å². The summed E-state index contributed by atoms with van der Waals surface area (Å²) in [5.74, 6) is -0.860. The van der Waals surface area contributed by atoms with Crippen LogP contribution in [0.15, 0.2) is 24.3 Å². The van der Waals surface area contributed by atoms with E-state index in [1.807, 2.05) is 12.1 Å². The number of aromatic carboxylic acids is 1. The molecule has 0 aromatic heterocycles. The number of hydrogen-bond donors (Lipinski definition) is 1. The molecule has 1 spiro atoms. The summed E-state index contributed by atoms with van der Waals surface area (Å²) < 4.78 is 5.75. The number of ether oxygens (including phenoxy) is 1. The van der Waals surface area contributed by atoms with Crippen molar-refractivity contribution in [3.8, 4) is 0 Å². The third-order valence-electron chi connectivity index (χ3n) is 4.51. The normalized spacial score (nSPS) is 22.2. The van der Waals surface area contributed by atoms with Crippen LogP contribution in [-0.2, 0) is 11.3 Å². The van der Waals surface area contributed by atoms with Gasteiger partial charge in [0.25, 0.3) is 0 Å². The van der Waals surface area contributed by atoms with Crippen LogP contribution >= 0.6 is 0 Å². The van der Waals surface area contributed by atoms with E-state index in [0.29, 0.717) is 11.0 Å². The van der Waals surface area contributed by atoms with Gasteiger partial charge in [0, 0.05) is 25.0 Å². The van der Waals surface area contributed by atoms with Crippen LogP contribution < -0.4 is 0 Å². The molecule has 1 N–H and O–H groups in total. The van der Waals surface area contributed by atoms with Gasteiger partial charge in [-0.2, -0.15) is 0 Å². The van der Waals surface area contributed by atoms with Crippen molar-refractivity contribution in [2.75, 3.05) is 26.3 Å². The molecule has 1 aliphatic carbocycles. The molecule has 0 bridgehead atoms. The van der Waals surface area contributed by atoms with Crippen molar-refractivity contribution in [2.24, 2.45) is 5.41 Å². The molecule has 2 fully saturated rings. The molecule has 1 heterocycles. The Morgan fingerprint density at radius 3 is 2.95 bits per heavy atom. The lowest BCUT2D eigenvalue weighted by atomic mass is 9.69. The van der Waals surface area contributed by atoms with E-state index >= 15 is 0 Å². The minimum Gasteiger partial charge on any atom is -0.478 e. The van der Waals surface area contributed by atoms with Crippen LogP contribution in [0, 0.1) is 5.41 Å². The Morgan fingerprint density at radius 1 is 1.40 bits per heavy atom. The van der Waals surface area contributed by atoms with Gasteiger partial charge < -0.3 is 9.84 Å². The summed E-state index contributed by atoms with van der Waals surface area (Å²) in [5.41, 5.74) is 1.80. The van der Waals surface area contributed by atoms with E-state index in [0.717, 1.165) is 38.4 Å². The smallest absolute Gasteiger partial charge is 0.335 e. The van der Waals surface area contributed by atoms with E-state index < -0.39 is 5.97 Å². The van der Waals surface area contributed by atoms with Crippen molar-refractivity contribution in [1.29, 1.82) is 0 Å². The molecule has 0 amide bonds. The standard InChI is InChI=1S/C16H21NO3/c18-15(19)14-4-1-3-13(9-14)10-17-7-8-20-12-16(11-17)5-2-6-16/h1,3-4,9H,2,5-8,10-12H2,(H,18,19). The van der Waals surface area contributed by atoms with E-state index in [1.165, 1.54) is 19.3 Å². The van der Waals surface area contributed by atoms with Gasteiger partial charge in [-0.05, 0) is 30.5 Å². The third kappa shape index (κ3) is 2.86. The van der Waals surface area contributed by atoms with Crippen molar-refractivity contribution in [3.63, 3.8) is 0 Å². The number of benzene rings is 1. The number of nitrogens with zero attached hydrogens (tertiary/aromatic N) is 1. The lowest BCUT2D eigenvalue weighted by molar-refractivity contribution is 0.00955. The molecule has 20 heavy (non-hydrogen) atoms. The lowest BCUT2D eigenvalue weighted by Crippen LogP contribution is -2.43. The maximum absolute atomic E-state index is 11.0. The van der Waals surface area contributed by atoms with E-state index in [-0.39, 0.29) is 0 Å². The van der Waals surface area contributed by atoms with Gasteiger partial charge in [-0.3, -0.25) is 4.90 Å². The van der Waals surface area contributed by atoms with Gasteiger partial charge in [-0.1, -0.05) is 18.6 Å². The monoisotopic (exact) mass is 275 g/mol. The first-order valence-electron chi connectivity index (χ1n) is 7.29. The van der Waals surface area contributed by atoms with Crippen LogP contribution in [-0.4, -0.2) is 42.3 Å². The predicted molar refractivity (Wildman–Crippen MR) is 75.8 cm³/mol. The van der Waals surface area contributed by atoms with Crippen LogP contribution in [0.4, 0.5) is 0 Å². The summed E-state index contributed by atoms with van der Waals surface area (Å²) in [6.45, 7) is 4.48. The topological polar surface area (TPSA) is 49.8 Å². The second kappa shape index (κ2) is 5.54. The van der Waals surface area contributed by atoms with E-state index in [9.17, 15) is 4.79 Å².